The molecule has 1 aliphatic rings. The Hall–Kier alpha value is -1.39. The lowest BCUT2D eigenvalue weighted by Crippen LogP contribution is -2.40. The first-order valence-electron chi connectivity index (χ1n) is 6.40. The molecule has 3 atom stereocenters. The van der Waals surface area contributed by atoms with E-state index in [1.165, 1.54) is 5.56 Å². The molecule has 1 aromatic rings. The highest BCUT2D eigenvalue weighted by Crippen LogP contribution is 2.28. The Morgan fingerprint density at radius 2 is 2.11 bits per heavy atom. The Bertz CT molecular complexity index is 408. The number of hydrogen-bond donors (Lipinski definition) is 2. The fourth-order valence-corrected chi connectivity index (χ4v) is 2.76. The molecule has 0 amide bonds. The summed E-state index contributed by atoms with van der Waals surface area (Å²) in [5.74, 6) is -0.516. The van der Waals surface area contributed by atoms with Crippen molar-refractivity contribution in [3.8, 4) is 0 Å². The van der Waals surface area contributed by atoms with Crippen LogP contribution in [0.4, 0.5) is 0 Å². The van der Waals surface area contributed by atoms with Gasteiger partial charge in [-0.2, -0.15) is 0 Å². The number of nitrogens with zero attached hydrogens (tertiary/aromatic N) is 1. The van der Waals surface area contributed by atoms with Gasteiger partial charge >= 0.3 is 5.97 Å². The first-order valence-corrected chi connectivity index (χ1v) is 6.40. The molecule has 1 aliphatic heterocycles. The molecule has 0 aromatic heterocycles. The molecular formula is C14H20N2O2. The molecule has 0 spiro atoms. The molecule has 1 unspecified atom stereocenters. The Morgan fingerprint density at radius 3 is 2.67 bits per heavy atom. The van der Waals surface area contributed by atoms with Crippen LogP contribution in [-0.2, 0) is 4.79 Å². The number of carboxylic acids is 1. The van der Waals surface area contributed by atoms with Gasteiger partial charge < -0.3 is 10.8 Å². The smallest absolute Gasteiger partial charge is 0.320 e. The maximum absolute atomic E-state index is 11.2. The summed E-state index contributed by atoms with van der Waals surface area (Å²) >= 11 is 0. The van der Waals surface area contributed by atoms with Crippen molar-refractivity contribution in [3.05, 3.63) is 35.9 Å². The van der Waals surface area contributed by atoms with Gasteiger partial charge in [0.05, 0.1) is 0 Å². The van der Waals surface area contributed by atoms with Crippen molar-refractivity contribution in [2.75, 3.05) is 13.1 Å². The summed E-state index contributed by atoms with van der Waals surface area (Å²) in [6, 6.07) is 9.71. The second-order valence-corrected chi connectivity index (χ2v) is 4.90. The number of hydrogen-bond acceptors (Lipinski definition) is 3. The van der Waals surface area contributed by atoms with Gasteiger partial charge in [0.2, 0.25) is 0 Å². The third kappa shape index (κ3) is 2.54. The predicted molar refractivity (Wildman–Crippen MR) is 70.4 cm³/mol. The molecule has 0 bridgehead atoms. The van der Waals surface area contributed by atoms with Crippen molar-refractivity contribution in [1.82, 2.24) is 4.90 Å². The van der Waals surface area contributed by atoms with Crippen LogP contribution < -0.4 is 5.73 Å². The zero-order valence-corrected chi connectivity index (χ0v) is 10.6. The van der Waals surface area contributed by atoms with Crippen molar-refractivity contribution in [1.29, 1.82) is 0 Å². The van der Waals surface area contributed by atoms with Crippen LogP contribution in [0.25, 0.3) is 0 Å². The van der Waals surface area contributed by atoms with Crippen LogP contribution in [0.2, 0.25) is 0 Å². The Morgan fingerprint density at radius 1 is 1.44 bits per heavy atom. The predicted octanol–water partition coefficient (Wildman–Crippen LogP) is 1.28. The lowest BCUT2D eigenvalue weighted by molar-refractivity contribution is -0.143. The van der Waals surface area contributed by atoms with Gasteiger partial charge in [-0.1, -0.05) is 37.3 Å². The zero-order chi connectivity index (χ0) is 13.1. The second kappa shape index (κ2) is 5.50. The highest BCUT2D eigenvalue weighted by Gasteiger charge is 2.36. The van der Waals surface area contributed by atoms with Gasteiger partial charge in [-0.05, 0) is 12.0 Å². The molecule has 4 nitrogen and oxygen atoms in total. The number of likely N-dealkylation sites (tertiary alicyclic amines) is 1. The van der Waals surface area contributed by atoms with Crippen molar-refractivity contribution in [2.45, 2.75) is 31.3 Å². The standard InChI is InChI=1S/C14H20N2O2/c1-2-13(14(17)18)16-8-11(12(15)9-16)10-6-4-3-5-7-10/h3-7,11-13H,2,8-9,15H2,1H3,(H,17,18)/t11-,12+,13?/m0/s1. The van der Waals surface area contributed by atoms with Gasteiger partial charge in [0.1, 0.15) is 6.04 Å². The van der Waals surface area contributed by atoms with Gasteiger partial charge in [0.25, 0.3) is 0 Å². The van der Waals surface area contributed by atoms with Crippen LogP contribution in [0.3, 0.4) is 0 Å². The maximum atomic E-state index is 11.2. The molecule has 1 heterocycles. The number of rotatable bonds is 4. The summed E-state index contributed by atoms with van der Waals surface area (Å²) in [7, 11) is 0. The molecule has 3 N–H and O–H groups in total. The quantitative estimate of drug-likeness (QED) is 0.842. The van der Waals surface area contributed by atoms with E-state index in [4.69, 9.17) is 5.73 Å². The Balaban J connectivity index is 2.12. The third-order valence-corrected chi connectivity index (χ3v) is 3.73. The molecule has 2 rings (SSSR count). The van der Waals surface area contributed by atoms with E-state index in [0.29, 0.717) is 13.0 Å². The summed E-state index contributed by atoms with van der Waals surface area (Å²) in [6.45, 7) is 3.29. The van der Waals surface area contributed by atoms with Gasteiger partial charge in [0.15, 0.2) is 0 Å². The van der Waals surface area contributed by atoms with E-state index >= 15 is 0 Å². The molecule has 0 aliphatic carbocycles. The fraction of sp³-hybridized carbons (Fsp3) is 0.500. The highest BCUT2D eigenvalue weighted by atomic mass is 16.4. The Labute approximate surface area is 107 Å². The van der Waals surface area contributed by atoms with Crippen LogP contribution in [0.1, 0.15) is 24.8 Å². The van der Waals surface area contributed by atoms with Crippen LogP contribution >= 0.6 is 0 Å². The molecule has 0 saturated carbocycles. The second-order valence-electron chi connectivity index (χ2n) is 4.90. The minimum Gasteiger partial charge on any atom is -0.480 e. The topological polar surface area (TPSA) is 66.6 Å². The molecular weight excluding hydrogens is 228 g/mol. The normalized spacial score (nSPS) is 26.1. The van der Waals surface area contributed by atoms with Crippen molar-refractivity contribution in [2.24, 2.45) is 5.73 Å². The maximum Gasteiger partial charge on any atom is 0.320 e. The van der Waals surface area contributed by atoms with E-state index in [1.807, 2.05) is 30.0 Å². The average Bonchev–Trinajstić information content (AvgIpc) is 2.73. The highest BCUT2D eigenvalue weighted by molar-refractivity contribution is 5.73. The van der Waals surface area contributed by atoms with Crippen molar-refractivity contribution < 1.29 is 9.90 Å². The minimum absolute atomic E-state index is 0.0146. The lowest BCUT2D eigenvalue weighted by atomic mass is 9.95. The van der Waals surface area contributed by atoms with Crippen LogP contribution in [0.15, 0.2) is 30.3 Å². The lowest BCUT2D eigenvalue weighted by Gasteiger charge is -2.22. The zero-order valence-electron chi connectivity index (χ0n) is 10.6. The molecule has 1 aromatic carbocycles. The van der Waals surface area contributed by atoms with Crippen LogP contribution in [0.5, 0.6) is 0 Å². The first kappa shape index (κ1) is 13.1. The number of carbonyl (C=O) groups is 1. The molecule has 18 heavy (non-hydrogen) atoms. The van der Waals surface area contributed by atoms with E-state index in [2.05, 4.69) is 12.1 Å². The summed E-state index contributed by atoms with van der Waals surface area (Å²) in [5, 5.41) is 9.19. The van der Waals surface area contributed by atoms with Crippen LogP contribution in [0, 0.1) is 0 Å². The van der Waals surface area contributed by atoms with E-state index < -0.39 is 12.0 Å². The average molecular weight is 248 g/mol. The molecule has 1 saturated heterocycles. The monoisotopic (exact) mass is 248 g/mol. The largest absolute Gasteiger partial charge is 0.480 e. The number of benzene rings is 1. The first-order chi connectivity index (χ1) is 8.63. The summed E-state index contributed by atoms with van der Waals surface area (Å²) in [6.07, 6.45) is 0.615. The molecule has 0 radical (unpaired) electrons. The molecule has 98 valence electrons. The third-order valence-electron chi connectivity index (χ3n) is 3.73. The van der Waals surface area contributed by atoms with Gasteiger partial charge in [-0.3, -0.25) is 9.69 Å². The van der Waals surface area contributed by atoms with Gasteiger partial charge in [0, 0.05) is 25.0 Å². The van der Waals surface area contributed by atoms with Crippen molar-refractivity contribution in [3.63, 3.8) is 0 Å². The number of aliphatic carboxylic acids is 1. The summed E-state index contributed by atoms with van der Waals surface area (Å²) in [5.41, 5.74) is 7.36. The van der Waals surface area contributed by atoms with E-state index in [1.54, 1.807) is 0 Å². The number of carboxylic acid groups (broad SMARTS) is 1. The van der Waals surface area contributed by atoms with Gasteiger partial charge in [-0.25, -0.2) is 0 Å². The summed E-state index contributed by atoms with van der Waals surface area (Å²) in [4.78, 5) is 13.2. The SMILES string of the molecule is CCC(C(=O)O)N1C[C@@H](N)[C@H](c2ccccc2)C1. The number of nitrogens with two attached hydrogens (primary N) is 1. The van der Waals surface area contributed by atoms with E-state index in [-0.39, 0.29) is 12.0 Å². The minimum atomic E-state index is -0.751. The molecule has 4 heteroatoms. The Kier molecular flexibility index (Phi) is 3.99. The van der Waals surface area contributed by atoms with E-state index in [0.717, 1.165) is 6.54 Å². The fourth-order valence-electron chi connectivity index (χ4n) is 2.76. The molecule has 1 fully saturated rings. The van der Waals surface area contributed by atoms with Gasteiger partial charge in [-0.15, -0.1) is 0 Å². The van der Waals surface area contributed by atoms with Crippen molar-refractivity contribution >= 4 is 5.97 Å². The summed E-state index contributed by atoms with van der Waals surface area (Å²) < 4.78 is 0. The van der Waals surface area contributed by atoms with E-state index in [9.17, 15) is 9.90 Å². The van der Waals surface area contributed by atoms with Crippen LogP contribution in [-0.4, -0.2) is 41.1 Å².